The highest BCUT2D eigenvalue weighted by atomic mass is 19.1. The molecule has 0 fully saturated rings. The second-order valence-electron chi connectivity index (χ2n) is 7.70. The molecular weight excluding hydrogens is 381 g/mol. The molecule has 0 spiro atoms. The Morgan fingerprint density at radius 3 is 3.00 bits per heavy atom. The Morgan fingerprint density at radius 1 is 1.33 bits per heavy atom. The van der Waals surface area contributed by atoms with Crippen LogP contribution < -0.4 is 5.48 Å². The van der Waals surface area contributed by atoms with Crippen LogP contribution in [0.25, 0.3) is 17.0 Å². The van der Waals surface area contributed by atoms with Crippen LogP contribution in [0.1, 0.15) is 41.6 Å². The number of carbonyl (C=O) groups excluding carboxylic acids is 1. The van der Waals surface area contributed by atoms with Gasteiger partial charge in [-0.25, -0.2) is 9.87 Å². The predicted molar refractivity (Wildman–Crippen MR) is 116 cm³/mol. The lowest BCUT2D eigenvalue weighted by atomic mass is 10.0. The molecule has 4 rings (SSSR count). The normalized spacial score (nSPS) is 15.9. The van der Waals surface area contributed by atoms with Crippen molar-refractivity contribution in [3.8, 4) is 0 Å². The van der Waals surface area contributed by atoms with Gasteiger partial charge in [-0.3, -0.25) is 14.9 Å². The fourth-order valence-electron chi connectivity index (χ4n) is 4.47. The lowest BCUT2D eigenvalue weighted by molar-refractivity contribution is -0.124. The van der Waals surface area contributed by atoms with Crippen LogP contribution in [0.2, 0.25) is 0 Å². The number of rotatable bonds is 7. The number of nitrogens with zero attached hydrogens (tertiary/aromatic N) is 1. The fraction of sp³-hybridized carbons (Fsp3) is 0.292. The summed E-state index contributed by atoms with van der Waals surface area (Å²) in [4.78, 5) is 16.9. The van der Waals surface area contributed by atoms with Crippen LogP contribution in [-0.2, 0) is 17.6 Å². The summed E-state index contributed by atoms with van der Waals surface area (Å²) in [6.45, 7) is 4.08. The zero-order valence-corrected chi connectivity index (χ0v) is 17.0. The van der Waals surface area contributed by atoms with Crippen molar-refractivity contribution in [2.24, 2.45) is 0 Å². The highest BCUT2D eigenvalue weighted by Gasteiger charge is 2.27. The van der Waals surface area contributed by atoms with Gasteiger partial charge in [-0.1, -0.05) is 25.1 Å². The van der Waals surface area contributed by atoms with E-state index in [4.69, 9.17) is 5.21 Å². The number of hydroxylamine groups is 1. The minimum absolute atomic E-state index is 0.222. The number of benzene rings is 2. The number of aromatic amines is 1. The molecule has 1 aliphatic carbocycles. The number of halogens is 1. The lowest BCUT2D eigenvalue weighted by Gasteiger charge is -2.28. The van der Waals surface area contributed by atoms with Gasteiger partial charge in [-0.2, -0.15) is 0 Å². The van der Waals surface area contributed by atoms with E-state index in [0.717, 1.165) is 48.8 Å². The number of hydrogen-bond donors (Lipinski definition) is 3. The smallest absolute Gasteiger partial charge is 0.267 e. The Labute approximate surface area is 175 Å². The summed E-state index contributed by atoms with van der Waals surface area (Å²) in [5.74, 6) is -0.759. The van der Waals surface area contributed by atoms with Gasteiger partial charge in [-0.05, 0) is 72.3 Å². The maximum Gasteiger partial charge on any atom is 0.267 e. The highest BCUT2D eigenvalue weighted by molar-refractivity contribution is 5.90. The predicted octanol–water partition coefficient (Wildman–Crippen LogP) is 4.38. The summed E-state index contributed by atoms with van der Waals surface area (Å²) < 4.78 is 13.4. The van der Waals surface area contributed by atoms with E-state index < -0.39 is 5.91 Å². The second kappa shape index (κ2) is 8.81. The number of aryl methyl sites for hydroxylation is 1. The molecule has 0 radical (unpaired) electrons. The summed E-state index contributed by atoms with van der Waals surface area (Å²) in [6.07, 6.45) is 8.00. The van der Waals surface area contributed by atoms with E-state index in [0.29, 0.717) is 6.04 Å². The number of amides is 1. The van der Waals surface area contributed by atoms with Crippen LogP contribution in [0.5, 0.6) is 0 Å². The van der Waals surface area contributed by atoms with Crippen molar-refractivity contribution in [2.45, 2.75) is 32.2 Å². The second-order valence-corrected chi connectivity index (χ2v) is 7.70. The average molecular weight is 407 g/mol. The van der Waals surface area contributed by atoms with Gasteiger partial charge in [0.05, 0.1) is 0 Å². The van der Waals surface area contributed by atoms with Gasteiger partial charge >= 0.3 is 0 Å². The van der Waals surface area contributed by atoms with Gasteiger partial charge in [0, 0.05) is 35.8 Å². The SMILES string of the molecule is CCN(CCc1c[nH]c2cc(F)ccc12)C1CCc2cc(/C=C/C(=O)NO)ccc21. The molecule has 1 aliphatic rings. The highest BCUT2D eigenvalue weighted by Crippen LogP contribution is 2.36. The van der Waals surface area contributed by atoms with E-state index >= 15 is 0 Å². The number of aromatic nitrogens is 1. The number of carbonyl (C=O) groups is 1. The zero-order valence-electron chi connectivity index (χ0n) is 17.0. The third-order valence-corrected chi connectivity index (χ3v) is 6.00. The summed E-state index contributed by atoms with van der Waals surface area (Å²) in [7, 11) is 0. The molecule has 1 heterocycles. The van der Waals surface area contributed by atoms with E-state index in [1.807, 2.05) is 18.3 Å². The van der Waals surface area contributed by atoms with Crippen LogP contribution >= 0.6 is 0 Å². The first kappa shape index (κ1) is 20.3. The summed E-state index contributed by atoms with van der Waals surface area (Å²) in [6, 6.07) is 11.6. The third kappa shape index (κ3) is 4.15. The van der Waals surface area contributed by atoms with E-state index in [2.05, 4.69) is 28.9 Å². The molecule has 1 atom stereocenters. The van der Waals surface area contributed by atoms with Crippen molar-refractivity contribution in [1.29, 1.82) is 0 Å². The quantitative estimate of drug-likeness (QED) is 0.309. The topological polar surface area (TPSA) is 68.4 Å². The first-order valence-corrected chi connectivity index (χ1v) is 10.3. The van der Waals surface area contributed by atoms with Gasteiger partial charge < -0.3 is 4.98 Å². The standard InChI is InChI=1S/C24H26FN3O2/c1-2-28(12-11-18-15-26-22-14-19(25)6-8-20(18)22)23-9-5-17-13-16(3-7-21(17)23)4-10-24(29)27-30/h3-4,6-8,10,13-15,23,26,30H,2,5,9,11-12H2,1H3,(H,27,29)/b10-4+. The Kier molecular flexibility index (Phi) is 5.97. The van der Waals surface area contributed by atoms with Gasteiger partial charge in [-0.15, -0.1) is 0 Å². The maximum atomic E-state index is 13.4. The van der Waals surface area contributed by atoms with Gasteiger partial charge in [0.15, 0.2) is 0 Å². The van der Waals surface area contributed by atoms with Crippen molar-refractivity contribution in [2.75, 3.05) is 13.1 Å². The molecule has 3 N–H and O–H groups in total. The van der Waals surface area contributed by atoms with Gasteiger partial charge in [0.2, 0.25) is 0 Å². The van der Waals surface area contributed by atoms with Gasteiger partial charge in [0.25, 0.3) is 5.91 Å². The molecule has 30 heavy (non-hydrogen) atoms. The Morgan fingerprint density at radius 2 is 2.20 bits per heavy atom. The number of likely N-dealkylation sites (N-methyl/N-ethyl adjacent to an activating group) is 1. The summed E-state index contributed by atoms with van der Waals surface area (Å²) in [5, 5.41) is 9.69. The first-order valence-electron chi connectivity index (χ1n) is 10.3. The molecule has 2 aromatic carbocycles. The van der Waals surface area contributed by atoms with Crippen LogP contribution in [0.3, 0.4) is 0 Å². The molecule has 0 saturated carbocycles. The van der Waals surface area contributed by atoms with Crippen molar-refractivity contribution < 1.29 is 14.4 Å². The van der Waals surface area contributed by atoms with Crippen LogP contribution in [0.15, 0.2) is 48.7 Å². The molecule has 156 valence electrons. The molecule has 1 unspecified atom stereocenters. The third-order valence-electron chi connectivity index (χ3n) is 6.00. The van der Waals surface area contributed by atoms with Crippen molar-refractivity contribution >= 4 is 22.9 Å². The number of H-pyrrole nitrogens is 1. The Balaban J connectivity index is 1.47. The maximum absolute atomic E-state index is 13.4. The van der Waals surface area contributed by atoms with Crippen molar-refractivity contribution in [3.63, 3.8) is 0 Å². The van der Waals surface area contributed by atoms with Crippen LogP contribution in [0, 0.1) is 5.82 Å². The van der Waals surface area contributed by atoms with Crippen LogP contribution in [-0.4, -0.2) is 34.1 Å². The average Bonchev–Trinajstić information content (AvgIpc) is 3.36. The molecular formula is C24H26FN3O2. The number of nitrogens with one attached hydrogen (secondary N) is 2. The number of fused-ring (bicyclic) bond motifs is 2. The minimum atomic E-state index is -0.537. The molecule has 0 saturated heterocycles. The van der Waals surface area contributed by atoms with Crippen molar-refractivity contribution in [1.82, 2.24) is 15.4 Å². The molecule has 0 bridgehead atoms. The molecule has 6 heteroatoms. The van der Waals surface area contributed by atoms with Crippen molar-refractivity contribution in [3.05, 3.63) is 76.7 Å². The van der Waals surface area contributed by atoms with E-state index in [1.54, 1.807) is 17.6 Å². The minimum Gasteiger partial charge on any atom is -0.361 e. The van der Waals surface area contributed by atoms with Crippen LogP contribution in [0.4, 0.5) is 4.39 Å². The molecule has 0 aliphatic heterocycles. The zero-order chi connectivity index (χ0) is 21.1. The molecule has 3 aromatic rings. The first-order chi connectivity index (χ1) is 14.6. The molecule has 1 amide bonds. The summed E-state index contributed by atoms with van der Waals surface area (Å²) in [5.41, 5.74) is 7.27. The van der Waals surface area contributed by atoms with E-state index in [9.17, 15) is 9.18 Å². The summed E-state index contributed by atoms with van der Waals surface area (Å²) >= 11 is 0. The Bertz CT molecular complexity index is 1090. The number of hydrogen-bond acceptors (Lipinski definition) is 3. The van der Waals surface area contributed by atoms with E-state index in [1.165, 1.54) is 28.8 Å². The monoisotopic (exact) mass is 407 g/mol. The largest absolute Gasteiger partial charge is 0.361 e. The molecule has 1 aromatic heterocycles. The molecule has 5 nitrogen and oxygen atoms in total. The Hall–Kier alpha value is -2.96. The van der Waals surface area contributed by atoms with E-state index in [-0.39, 0.29) is 5.82 Å². The van der Waals surface area contributed by atoms with Gasteiger partial charge in [0.1, 0.15) is 5.82 Å². The lowest BCUT2D eigenvalue weighted by Crippen LogP contribution is -2.29. The fourth-order valence-corrected chi connectivity index (χ4v) is 4.47.